The molecule has 0 aliphatic heterocycles. The number of H-pyrrole nitrogens is 1. The number of amides is 1. The molecule has 7 nitrogen and oxygen atoms in total. The zero-order chi connectivity index (χ0) is 15.8. The van der Waals surface area contributed by atoms with Crippen LogP contribution in [-0.2, 0) is 6.54 Å². The number of nitrogens with one attached hydrogen (secondary N) is 1. The summed E-state index contributed by atoms with van der Waals surface area (Å²) in [6.45, 7) is 0.407. The van der Waals surface area contributed by atoms with Crippen molar-refractivity contribution in [2.75, 3.05) is 7.05 Å². The number of rotatable bonds is 4. The van der Waals surface area contributed by atoms with Crippen molar-refractivity contribution >= 4 is 16.9 Å². The van der Waals surface area contributed by atoms with Crippen LogP contribution in [0, 0.1) is 0 Å². The van der Waals surface area contributed by atoms with Crippen molar-refractivity contribution in [1.29, 1.82) is 0 Å². The quantitative estimate of drug-likeness (QED) is 0.795. The molecule has 116 valence electrons. The zero-order valence-electron chi connectivity index (χ0n) is 12.7. The summed E-state index contributed by atoms with van der Waals surface area (Å²) in [7, 11) is 1.77. The minimum atomic E-state index is -0.0480. The van der Waals surface area contributed by atoms with Crippen LogP contribution in [0.4, 0.5) is 0 Å². The first-order chi connectivity index (χ1) is 11.2. The van der Waals surface area contributed by atoms with Crippen molar-refractivity contribution in [3.05, 3.63) is 47.5 Å². The van der Waals surface area contributed by atoms with E-state index in [0.29, 0.717) is 23.7 Å². The number of aromatic nitrogens is 5. The third-order valence-corrected chi connectivity index (χ3v) is 4.02. The Bertz CT molecular complexity index is 856. The van der Waals surface area contributed by atoms with Crippen molar-refractivity contribution in [2.45, 2.75) is 25.3 Å². The highest BCUT2D eigenvalue weighted by molar-refractivity contribution is 5.98. The van der Waals surface area contributed by atoms with Gasteiger partial charge in [-0.25, -0.2) is 9.97 Å². The number of carbonyl (C=O) groups excluding carboxylic acids is 1. The molecule has 0 spiro atoms. The lowest BCUT2D eigenvalue weighted by atomic mass is 10.1. The summed E-state index contributed by atoms with van der Waals surface area (Å²) in [4.78, 5) is 23.5. The molecule has 3 aromatic rings. The number of fused-ring (bicyclic) bond motifs is 1. The molecule has 3 aromatic heterocycles. The summed E-state index contributed by atoms with van der Waals surface area (Å²) >= 11 is 0. The Morgan fingerprint density at radius 1 is 1.43 bits per heavy atom. The van der Waals surface area contributed by atoms with Crippen LogP contribution in [0.15, 0.2) is 30.6 Å². The van der Waals surface area contributed by atoms with Crippen LogP contribution in [0.25, 0.3) is 11.0 Å². The minimum absolute atomic E-state index is 0.0480. The fourth-order valence-electron chi connectivity index (χ4n) is 2.68. The van der Waals surface area contributed by atoms with Crippen LogP contribution in [0.1, 0.15) is 40.5 Å². The Hall–Kier alpha value is -2.83. The highest BCUT2D eigenvalue weighted by Gasteiger charge is 2.31. The molecule has 1 aliphatic rings. The topological polar surface area (TPSA) is 87.7 Å². The van der Waals surface area contributed by atoms with Gasteiger partial charge in [-0.15, -0.1) is 0 Å². The zero-order valence-corrected chi connectivity index (χ0v) is 12.7. The maximum atomic E-state index is 12.9. The summed E-state index contributed by atoms with van der Waals surface area (Å²) in [6, 6.07) is 5.69. The molecule has 1 aliphatic carbocycles. The molecule has 7 heteroatoms. The summed E-state index contributed by atoms with van der Waals surface area (Å²) in [6.07, 6.45) is 5.51. The Balaban J connectivity index is 1.71. The molecule has 4 rings (SSSR count). The van der Waals surface area contributed by atoms with Gasteiger partial charge >= 0.3 is 0 Å². The van der Waals surface area contributed by atoms with E-state index >= 15 is 0 Å². The van der Waals surface area contributed by atoms with Gasteiger partial charge in [-0.05, 0) is 31.0 Å². The minimum Gasteiger partial charge on any atom is -0.336 e. The van der Waals surface area contributed by atoms with E-state index in [1.54, 1.807) is 24.3 Å². The molecule has 0 bridgehead atoms. The largest absolute Gasteiger partial charge is 0.336 e. The van der Waals surface area contributed by atoms with Crippen molar-refractivity contribution in [2.24, 2.45) is 0 Å². The van der Waals surface area contributed by atoms with Crippen molar-refractivity contribution < 1.29 is 4.79 Å². The molecule has 0 saturated heterocycles. The van der Waals surface area contributed by atoms with E-state index in [4.69, 9.17) is 0 Å². The second-order valence-corrected chi connectivity index (χ2v) is 5.87. The van der Waals surface area contributed by atoms with E-state index in [1.807, 2.05) is 18.2 Å². The van der Waals surface area contributed by atoms with Crippen LogP contribution < -0.4 is 0 Å². The van der Waals surface area contributed by atoms with Gasteiger partial charge in [0.25, 0.3) is 5.91 Å². The van der Waals surface area contributed by atoms with Gasteiger partial charge in [0.05, 0.1) is 24.0 Å². The molecule has 1 saturated carbocycles. The molecule has 0 radical (unpaired) electrons. The van der Waals surface area contributed by atoms with Crippen molar-refractivity contribution in [3.8, 4) is 0 Å². The molecular weight excluding hydrogens is 292 g/mol. The SMILES string of the molecule is CN(Cc1cn[nH]n1)C(=O)c1cc2cccnc2nc1C1CC1. The van der Waals surface area contributed by atoms with Crippen LogP contribution in [-0.4, -0.2) is 43.2 Å². The maximum Gasteiger partial charge on any atom is 0.255 e. The molecule has 0 aromatic carbocycles. The molecular formula is C16H16N6O. The number of nitrogens with zero attached hydrogens (tertiary/aromatic N) is 5. The van der Waals surface area contributed by atoms with E-state index in [9.17, 15) is 4.79 Å². The molecule has 1 N–H and O–H groups in total. The van der Waals surface area contributed by atoms with Crippen LogP contribution in [0.3, 0.4) is 0 Å². The first-order valence-corrected chi connectivity index (χ1v) is 7.58. The smallest absolute Gasteiger partial charge is 0.255 e. The predicted octanol–water partition coefficient (Wildman–Crippen LogP) is 1.90. The Morgan fingerprint density at radius 2 is 2.30 bits per heavy atom. The molecule has 0 atom stereocenters. The monoisotopic (exact) mass is 308 g/mol. The van der Waals surface area contributed by atoms with Crippen molar-refractivity contribution in [3.63, 3.8) is 0 Å². The fraction of sp³-hybridized carbons (Fsp3) is 0.312. The normalized spacial score (nSPS) is 14.1. The first kappa shape index (κ1) is 13.8. The number of aromatic amines is 1. The summed E-state index contributed by atoms with van der Waals surface area (Å²) in [5.41, 5.74) is 2.96. The first-order valence-electron chi connectivity index (χ1n) is 7.58. The van der Waals surface area contributed by atoms with E-state index in [0.717, 1.165) is 29.6 Å². The lowest BCUT2D eigenvalue weighted by Gasteiger charge is -2.18. The molecule has 23 heavy (non-hydrogen) atoms. The Kier molecular flexibility index (Phi) is 3.25. The third kappa shape index (κ3) is 2.65. The molecule has 0 unspecified atom stereocenters. The van der Waals surface area contributed by atoms with E-state index in [2.05, 4.69) is 25.4 Å². The van der Waals surface area contributed by atoms with E-state index in [1.165, 1.54) is 0 Å². The highest BCUT2D eigenvalue weighted by Crippen LogP contribution is 2.41. The van der Waals surface area contributed by atoms with Crippen LogP contribution in [0.2, 0.25) is 0 Å². The van der Waals surface area contributed by atoms with Gasteiger partial charge < -0.3 is 4.90 Å². The number of pyridine rings is 2. The summed E-state index contributed by atoms with van der Waals surface area (Å²) in [5, 5.41) is 11.2. The Labute approximate surface area is 132 Å². The van der Waals surface area contributed by atoms with Gasteiger partial charge in [-0.2, -0.15) is 15.4 Å². The average molecular weight is 308 g/mol. The van der Waals surface area contributed by atoms with Gasteiger partial charge in [0.1, 0.15) is 5.69 Å². The van der Waals surface area contributed by atoms with Gasteiger partial charge in [0.15, 0.2) is 5.65 Å². The standard InChI is InChI=1S/C16H16N6O/c1-22(9-12-8-18-21-20-12)16(23)13-7-11-3-2-6-17-15(11)19-14(13)10-4-5-10/h2-3,6-8,10H,4-5,9H2,1H3,(H,18,20,21). The summed E-state index contributed by atoms with van der Waals surface area (Å²) < 4.78 is 0. The van der Waals surface area contributed by atoms with E-state index in [-0.39, 0.29) is 5.91 Å². The fourth-order valence-corrected chi connectivity index (χ4v) is 2.68. The predicted molar refractivity (Wildman–Crippen MR) is 83.7 cm³/mol. The molecule has 3 heterocycles. The van der Waals surface area contributed by atoms with Crippen molar-refractivity contribution in [1.82, 2.24) is 30.3 Å². The van der Waals surface area contributed by atoms with Gasteiger partial charge in [-0.3, -0.25) is 4.79 Å². The average Bonchev–Trinajstić information content (AvgIpc) is 3.30. The highest BCUT2D eigenvalue weighted by atomic mass is 16.2. The van der Waals surface area contributed by atoms with Crippen LogP contribution in [0.5, 0.6) is 0 Å². The maximum absolute atomic E-state index is 12.9. The number of hydrogen-bond donors (Lipinski definition) is 1. The second-order valence-electron chi connectivity index (χ2n) is 5.87. The van der Waals surface area contributed by atoms with Crippen LogP contribution >= 0.6 is 0 Å². The number of hydrogen-bond acceptors (Lipinski definition) is 5. The molecule has 1 fully saturated rings. The lowest BCUT2D eigenvalue weighted by Crippen LogP contribution is -2.27. The lowest BCUT2D eigenvalue weighted by molar-refractivity contribution is 0.0782. The molecule has 1 amide bonds. The third-order valence-electron chi connectivity index (χ3n) is 4.02. The second kappa shape index (κ2) is 5.42. The number of carbonyl (C=O) groups is 1. The van der Waals surface area contributed by atoms with Gasteiger partial charge in [0, 0.05) is 24.5 Å². The van der Waals surface area contributed by atoms with Gasteiger partial charge in [0.2, 0.25) is 0 Å². The van der Waals surface area contributed by atoms with E-state index < -0.39 is 0 Å². The Morgan fingerprint density at radius 3 is 3.04 bits per heavy atom. The summed E-state index contributed by atoms with van der Waals surface area (Å²) in [5.74, 6) is 0.328. The van der Waals surface area contributed by atoms with Gasteiger partial charge in [-0.1, -0.05) is 0 Å².